The first-order valence-electron chi connectivity index (χ1n) is 11.6. The van der Waals surface area contributed by atoms with Crippen molar-refractivity contribution in [3.8, 4) is 0 Å². The number of hydrogen-bond acceptors (Lipinski definition) is 5. The topological polar surface area (TPSA) is 125 Å². The smallest absolute Gasteiger partial charge is 0.325 e. The minimum atomic E-state index is -0.895. The van der Waals surface area contributed by atoms with Gasteiger partial charge in [0.15, 0.2) is 0 Å². The SMILES string of the molecule is CCC1(c2ccc(NC(=O)CN3C(=O)NC4(CCCCC4C)C3=O)cc2)CCC(=O)NC1=O. The van der Waals surface area contributed by atoms with Gasteiger partial charge in [0.25, 0.3) is 5.91 Å². The number of piperidine rings is 1. The predicted octanol–water partition coefficient (Wildman–Crippen LogP) is 2.21. The van der Waals surface area contributed by atoms with E-state index >= 15 is 0 Å². The summed E-state index contributed by atoms with van der Waals surface area (Å²) >= 11 is 0. The summed E-state index contributed by atoms with van der Waals surface area (Å²) in [4.78, 5) is 63.2. The van der Waals surface area contributed by atoms with Crippen LogP contribution in [-0.4, -0.2) is 46.6 Å². The van der Waals surface area contributed by atoms with Crippen LogP contribution in [0.25, 0.3) is 0 Å². The highest BCUT2D eigenvalue weighted by Crippen LogP contribution is 2.38. The molecule has 33 heavy (non-hydrogen) atoms. The Labute approximate surface area is 192 Å². The largest absolute Gasteiger partial charge is 0.325 e. The number of nitrogens with one attached hydrogen (secondary N) is 3. The van der Waals surface area contributed by atoms with Gasteiger partial charge in [-0.1, -0.05) is 38.8 Å². The van der Waals surface area contributed by atoms with Crippen molar-refractivity contribution in [3.05, 3.63) is 29.8 Å². The highest BCUT2D eigenvalue weighted by molar-refractivity contribution is 6.10. The Balaban J connectivity index is 1.42. The highest BCUT2D eigenvalue weighted by atomic mass is 16.2. The molecule has 3 aliphatic rings. The van der Waals surface area contributed by atoms with Crippen LogP contribution in [0, 0.1) is 5.92 Å². The van der Waals surface area contributed by atoms with Crippen molar-refractivity contribution in [1.29, 1.82) is 0 Å². The van der Waals surface area contributed by atoms with Gasteiger partial charge >= 0.3 is 6.03 Å². The number of hydrogen-bond donors (Lipinski definition) is 3. The Morgan fingerprint density at radius 1 is 1.12 bits per heavy atom. The molecule has 2 aliphatic heterocycles. The summed E-state index contributed by atoms with van der Waals surface area (Å²) in [5.41, 5.74) is -0.403. The zero-order chi connectivity index (χ0) is 23.8. The van der Waals surface area contributed by atoms with E-state index in [1.54, 1.807) is 24.3 Å². The molecule has 6 amide bonds. The number of amides is 6. The Bertz CT molecular complexity index is 1010. The van der Waals surface area contributed by atoms with Crippen molar-refractivity contribution in [2.24, 2.45) is 5.92 Å². The molecule has 4 rings (SSSR count). The molecule has 3 unspecified atom stereocenters. The van der Waals surface area contributed by atoms with Crippen molar-refractivity contribution >= 4 is 35.3 Å². The van der Waals surface area contributed by atoms with E-state index < -0.39 is 22.9 Å². The van der Waals surface area contributed by atoms with Crippen LogP contribution in [0.15, 0.2) is 24.3 Å². The molecule has 9 heteroatoms. The third-order valence-electron chi connectivity index (χ3n) is 7.59. The average Bonchev–Trinajstić information content (AvgIpc) is 3.02. The number of rotatable bonds is 5. The van der Waals surface area contributed by atoms with E-state index in [-0.39, 0.29) is 36.6 Å². The van der Waals surface area contributed by atoms with Crippen molar-refractivity contribution in [1.82, 2.24) is 15.5 Å². The summed E-state index contributed by atoms with van der Waals surface area (Å²) in [6.07, 6.45) is 4.62. The summed E-state index contributed by atoms with van der Waals surface area (Å²) in [7, 11) is 0. The number of carbonyl (C=O) groups excluding carboxylic acids is 5. The number of urea groups is 1. The molecule has 1 aromatic carbocycles. The lowest BCUT2D eigenvalue weighted by molar-refractivity contribution is -0.138. The van der Waals surface area contributed by atoms with E-state index in [0.29, 0.717) is 24.9 Å². The molecule has 2 saturated heterocycles. The summed E-state index contributed by atoms with van der Waals surface area (Å²) in [6.45, 7) is 3.52. The third kappa shape index (κ3) is 3.89. The molecule has 0 radical (unpaired) electrons. The van der Waals surface area contributed by atoms with Crippen LogP contribution in [0.4, 0.5) is 10.5 Å². The van der Waals surface area contributed by atoms with Crippen LogP contribution in [0.5, 0.6) is 0 Å². The zero-order valence-electron chi connectivity index (χ0n) is 19.0. The maximum atomic E-state index is 13.0. The predicted molar refractivity (Wildman–Crippen MR) is 120 cm³/mol. The molecule has 1 aliphatic carbocycles. The first kappa shape index (κ1) is 22.9. The quantitative estimate of drug-likeness (QED) is 0.465. The number of benzene rings is 1. The summed E-state index contributed by atoms with van der Waals surface area (Å²) < 4.78 is 0. The van der Waals surface area contributed by atoms with Gasteiger partial charge in [0.05, 0.1) is 5.41 Å². The maximum Gasteiger partial charge on any atom is 0.325 e. The maximum absolute atomic E-state index is 13.0. The van der Waals surface area contributed by atoms with Gasteiger partial charge in [-0.15, -0.1) is 0 Å². The summed E-state index contributed by atoms with van der Waals surface area (Å²) in [5, 5.41) is 7.99. The van der Waals surface area contributed by atoms with Crippen LogP contribution >= 0.6 is 0 Å². The molecule has 1 spiro atoms. The zero-order valence-corrected chi connectivity index (χ0v) is 19.0. The molecule has 3 N–H and O–H groups in total. The van der Waals surface area contributed by atoms with Crippen LogP contribution in [0.3, 0.4) is 0 Å². The highest BCUT2D eigenvalue weighted by Gasteiger charge is 2.55. The Morgan fingerprint density at radius 3 is 2.48 bits per heavy atom. The first-order chi connectivity index (χ1) is 15.7. The van der Waals surface area contributed by atoms with Gasteiger partial charge in [-0.25, -0.2) is 4.79 Å². The van der Waals surface area contributed by atoms with E-state index in [0.717, 1.165) is 29.7 Å². The van der Waals surface area contributed by atoms with Crippen LogP contribution < -0.4 is 16.0 Å². The molecular formula is C24H30N4O5. The van der Waals surface area contributed by atoms with E-state index in [9.17, 15) is 24.0 Å². The fraction of sp³-hybridized carbons (Fsp3) is 0.542. The molecule has 1 saturated carbocycles. The summed E-state index contributed by atoms with van der Waals surface area (Å²) in [6, 6.07) is 6.37. The van der Waals surface area contributed by atoms with Gasteiger partial charge in [0.2, 0.25) is 17.7 Å². The van der Waals surface area contributed by atoms with E-state index in [4.69, 9.17) is 0 Å². The number of anilines is 1. The van der Waals surface area contributed by atoms with Gasteiger partial charge in [-0.3, -0.25) is 29.4 Å². The van der Waals surface area contributed by atoms with Crippen molar-refractivity contribution in [2.75, 3.05) is 11.9 Å². The van der Waals surface area contributed by atoms with E-state index in [2.05, 4.69) is 16.0 Å². The van der Waals surface area contributed by atoms with Gasteiger partial charge in [0, 0.05) is 12.1 Å². The lowest BCUT2D eigenvalue weighted by atomic mass is 9.72. The molecule has 0 bridgehead atoms. The Morgan fingerprint density at radius 2 is 1.85 bits per heavy atom. The molecule has 3 fully saturated rings. The Kier molecular flexibility index (Phi) is 5.99. The Hall–Kier alpha value is -3.23. The molecule has 1 aromatic rings. The van der Waals surface area contributed by atoms with E-state index in [1.807, 2.05) is 13.8 Å². The van der Waals surface area contributed by atoms with Gasteiger partial charge in [0.1, 0.15) is 12.1 Å². The van der Waals surface area contributed by atoms with E-state index in [1.165, 1.54) is 0 Å². The number of nitrogens with zero attached hydrogens (tertiary/aromatic N) is 1. The summed E-state index contributed by atoms with van der Waals surface area (Å²) in [5.74, 6) is -1.34. The second-order valence-corrected chi connectivity index (χ2v) is 9.38. The van der Waals surface area contributed by atoms with Crippen molar-refractivity contribution in [2.45, 2.75) is 69.7 Å². The fourth-order valence-electron chi connectivity index (χ4n) is 5.42. The van der Waals surface area contributed by atoms with Crippen LogP contribution in [0.1, 0.15) is 64.4 Å². The van der Waals surface area contributed by atoms with Gasteiger partial charge in [-0.2, -0.15) is 0 Å². The first-order valence-corrected chi connectivity index (χ1v) is 11.6. The monoisotopic (exact) mass is 454 g/mol. The van der Waals surface area contributed by atoms with Crippen LogP contribution in [-0.2, 0) is 24.6 Å². The third-order valence-corrected chi connectivity index (χ3v) is 7.59. The van der Waals surface area contributed by atoms with Gasteiger partial charge in [-0.05, 0) is 49.3 Å². The molecule has 2 heterocycles. The fourth-order valence-corrected chi connectivity index (χ4v) is 5.42. The standard InChI is InChI=1S/C24H30N4O5/c1-3-23(13-11-18(29)26-20(23)31)16-7-9-17(10-8-16)25-19(30)14-28-21(32)24(27-22(28)33)12-5-4-6-15(24)2/h7-10,15H,3-6,11-14H2,1-2H3,(H,25,30)(H,27,33)(H,26,29,31). The van der Waals surface area contributed by atoms with Gasteiger partial charge < -0.3 is 10.6 Å². The second-order valence-electron chi connectivity index (χ2n) is 9.38. The lowest BCUT2D eigenvalue weighted by Crippen LogP contribution is -2.54. The molecule has 176 valence electrons. The molecule has 0 aromatic heterocycles. The normalized spacial score (nSPS) is 29.8. The molecular weight excluding hydrogens is 424 g/mol. The average molecular weight is 455 g/mol. The van der Waals surface area contributed by atoms with Crippen molar-refractivity contribution < 1.29 is 24.0 Å². The number of carbonyl (C=O) groups is 5. The van der Waals surface area contributed by atoms with Crippen molar-refractivity contribution in [3.63, 3.8) is 0 Å². The molecule has 3 atom stereocenters. The number of imide groups is 2. The minimum Gasteiger partial charge on any atom is -0.325 e. The lowest BCUT2D eigenvalue weighted by Gasteiger charge is -2.36. The van der Waals surface area contributed by atoms with Crippen LogP contribution in [0.2, 0.25) is 0 Å². The minimum absolute atomic E-state index is 0.0291. The second kappa shape index (κ2) is 8.61. The molecule has 9 nitrogen and oxygen atoms in total.